The average Bonchev–Trinajstić information content (AvgIpc) is 2.65. The van der Waals surface area contributed by atoms with E-state index < -0.39 is 0 Å². The minimum absolute atomic E-state index is 0.192. The van der Waals surface area contributed by atoms with Crippen LogP contribution in [0.4, 0.5) is 0 Å². The summed E-state index contributed by atoms with van der Waals surface area (Å²) >= 11 is 5.18. The van der Waals surface area contributed by atoms with Crippen molar-refractivity contribution in [3.63, 3.8) is 0 Å². The van der Waals surface area contributed by atoms with Gasteiger partial charge in [-0.25, -0.2) is 0 Å². The van der Waals surface area contributed by atoms with Crippen molar-refractivity contribution in [2.24, 2.45) is 0 Å². The Balaban J connectivity index is 2.24. The van der Waals surface area contributed by atoms with Crippen LogP contribution < -0.4 is 15.4 Å². The average molecular weight is 379 g/mol. The monoisotopic (exact) mass is 378 g/mol. The predicted molar refractivity (Wildman–Crippen MR) is 113 cm³/mol. The van der Waals surface area contributed by atoms with Gasteiger partial charge in [-0.3, -0.25) is 10.1 Å². The molecule has 1 amide bonds. The van der Waals surface area contributed by atoms with Gasteiger partial charge in [-0.1, -0.05) is 58.8 Å². The molecule has 0 saturated carbocycles. The highest BCUT2D eigenvalue weighted by Crippen LogP contribution is 2.13. The molecule has 2 N–H and O–H groups in total. The molecule has 1 rings (SSSR count). The fourth-order valence-corrected chi connectivity index (χ4v) is 2.77. The van der Waals surface area contributed by atoms with Crippen molar-refractivity contribution >= 4 is 23.2 Å². The summed E-state index contributed by atoms with van der Waals surface area (Å²) in [6.07, 6.45) is 10.8. The van der Waals surface area contributed by atoms with E-state index in [1.165, 1.54) is 44.9 Å². The molecule has 26 heavy (non-hydrogen) atoms. The van der Waals surface area contributed by atoms with Gasteiger partial charge >= 0.3 is 0 Å². The second-order valence-electron chi connectivity index (χ2n) is 6.56. The maximum atomic E-state index is 12.2. The Morgan fingerprint density at radius 3 is 2.19 bits per heavy atom. The molecule has 4 nitrogen and oxygen atoms in total. The topological polar surface area (TPSA) is 50.4 Å². The van der Waals surface area contributed by atoms with Crippen LogP contribution in [0.3, 0.4) is 0 Å². The number of unbranched alkanes of at least 4 members (excludes halogenated alkanes) is 7. The summed E-state index contributed by atoms with van der Waals surface area (Å²) in [5.74, 6) is 0.605. The van der Waals surface area contributed by atoms with Gasteiger partial charge in [-0.15, -0.1) is 0 Å². The largest absolute Gasteiger partial charge is 0.494 e. The maximum absolute atomic E-state index is 12.2. The van der Waals surface area contributed by atoms with E-state index in [0.29, 0.717) is 10.7 Å². The van der Waals surface area contributed by atoms with Gasteiger partial charge in [0.1, 0.15) is 5.75 Å². The van der Waals surface area contributed by atoms with Crippen molar-refractivity contribution in [2.45, 2.75) is 71.6 Å². The van der Waals surface area contributed by atoms with Crippen molar-refractivity contribution in [1.29, 1.82) is 0 Å². The second-order valence-corrected chi connectivity index (χ2v) is 6.97. The van der Waals surface area contributed by atoms with Crippen LogP contribution in [0.15, 0.2) is 24.3 Å². The highest BCUT2D eigenvalue weighted by atomic mass is 32.1. The SMILES string of the molecule is CCCCCCCNC(=S)NC(=O)c1ccc(OCCCCCC)cc1. The lowest BCUT2D eigenvalue weighted by atomic mass is 10.1. The van der Waals surface area contributed by atoms with Gasteiger partial charge in [0.15, 0.2) is 5.11 Å². The molecule has 0 radical (unpaired) electrons. The fraction of sp³-hybridized carbons (Fsp3) is 0.619. The molecule has 0 spiro atoms. The molecule has 146 valence electrons. The van der Waals surface area contributed by atoms with E-state index >= 15 is 0 Å². The number of thiocarbonyl (C=S) groups is 1. The van der Waals surface area contributed by atoms with Gasteiger partial charge in [0.05, 0.1) is 6.61 Å². The van der Waals surface area contributed by atoms with Gasteiger partial charge in [-0.05, 0) is 49.3 Å². The molecule has 0 aliphatic rings. The number of hydrogen-bond acceptors (Lipinski definition) is 3. The molecule has 0 aromatic heterocycles. The third-order valence-corrected chi connectivity index (χ3v) is 4.42. The standard InChI is InChI=1S/C21H34N2O2S/c1-3-5-7-9-10-16-22-21(26)23-20(24)18-12-14-19(15-13-18)25-17-11-8-6-4-2/h12-15H,3-11,16-17H2,1-2H3,(H2,22,23,24,26). The molecule has 5 heteroatoms. The number of hydrogen-bond donors (Lipinski definition) is 2. The lowest BCUT2D eigenvalue weighted by molar-refractivity contribution is 0.0976. The Morgan fingerprint density at radius 2 is 1.54 bits per heavy atom. The van der Waals surface area contributed by atoms with Crippen molar-refractivity contribution < 1.29 is 9.53 Å². The summed E-state index contributed by atoms with van der Waals surface area (Å²) in [4.78, 5) is 12.2. The van der Waals surface area contributed by atoms with Gasteiger partial charge in [0.25, 0.3) is 5.91 Å². The summed E-state index contributed by atoms with van der Waals surface area (Å²) in [5, 5.41) is 6.21. The zero-order valence-corrected chi connectivity index (χ0v) is 17.1. The predicted octanol–water partition coefficient (Wildman–Crippen LogP) is 5.22. The Labute approximate surface area is 164 Å². The second kappa shape index (κ2) is 14.5. The zero-order valence-electron chi connectivity index (χ0n) is 16.3. The van der Waals surface area contributed by atoms with Crippen LogP contribution in [-0.2, 0) is 0 Å². The quantitative estimate of drug-likeness (QED) is 0.365. The Bertz CT molecular complexity index is 517. The van der Waals surface area contributed by atoms with Gasteiger partial charge in [0.2, 0.25) is 0 Å². The summed E-state index contributed by atoms with van der Waals surface area (Å²) in [5.41, 5.74) is 0.579. The molecule has 1 aromatic rings. The summed E-state index contributed by atoms with van der Waals surface area (Å²) < 4.78 is 5.69. The minimum Gasteiger partial charge on any atom is -0.494 e. The lowest BCUT2D eigenvalue weighted by Gasteiger charge is -2.10. The van der Waals surface area contributed by atoms with Crippen LogP contribution in [0.5, 0.6) is 5.75 Å². The molecule has 0 heterocycles. The molecule has 1 aromatic carbocycles. The van der Waals surface area contributed by atoms with Crippen LogP contribution >= 0.6 is 12.2 Å². The summed E-state index contributed by atoms with van der Waals surface area (Å²) in [7, 11) is 0. The number of amides is 1. The molecule has 0 unspecified atom stereocenters. The molecule has 0 fully saturated rings. The molecule has 0 atom stereocenters. The molecular formula is C21H34N2O2S. The highest BCUT2D eigenvalue weighted by Gasteiger charge is 2.07. The lowest BCUT2D eigenvalue weighted by Crippen LogP contribution is -2.39. The molecular weight excluding hydrogens is 344 g/mol. The van der Waals surface area contributed by atoms with Crippen LogP contribution in [0, 0.1) is 0 Å². The number of carbonyl (C=O) groups excluding carboxylic acids is 1. The van der Waals surface area contributed by atoms with Gasteiger partial charge in [-0.2, -0.15) is 0 Å². The van der Waals surface area contributed by atoms with E-state index in [1.807, 2.05) is 12.1 Å². The maximum Gasteiger partial charge on any atom is 0.257 e. The molecule has 0 saturated heterocycles. The van der Waals surface area contributed by atoms with E-state index in [4.69, 9.17) is 17.0 Å². The zero-order chi connectivity index (χ0) is 19.0. The first-order valence-corrected chi connectivity index (χ1v) is 10.4. The number of ether oxygens (including phenoxy) is 1. The van der Waals surface area contributed by atoms with Crippen molar-refractivity contribution in [2.75, 3.05) is 13.2 Å². The van der Waals surface area contributed by atoms with Crippen LogP contribution in [0.1, 0.15) is 82.0 Å². The van der Waals surface area contributed by atoms with Crippen LogP contribution in [0.25, 0.3) is 0 Å². The normalized spacial score (nSPS) is 10.4. The molecule has 0 aliphatic carbocycles. The third kappa shape index (κ3) is 10.4. The van der Waals surface area contributed by atoms with Crippen molar-refractivity contribution in [3.05, 3.63) is 29.8 Å². The first-order chi connectivity index (χ1) is 12.7. The number of nitrogens with one attached hydrogen (secondary N) is 2. The highest BCUT2D eigenvalue weighted by molar-refractivity contribution is 7.80. The number of rotatable bonds is 13. The first-order valence-electron chi connectivity index (χ1n) is 9.99. The van der Waals surface area contributed by atoms with E-state index in [2.05, 4.69) is 24.5 Å². The summed E-state index contributed by atoms with van der Waals surface area (Å²) in [6, 6.07) is 7.20. The first kappa shape index (κ1) is 22.4. The smallest absolute Gasteiger partial charge is 0.257 e. The minimum atomic E-state index is -0.192. The van der Waals surface area contributed by atoms with E-state index in [0.717, 1.165) is 31.7 Å². The molecule has 0 aliphatic heterocycles. The fourth-order valence-electron chi connectivity index (χ4n) is 2.57. The Kier molecular flexibility index (Phi) is 12.5. The Hall–Kier alpha value is -1.62. The summed E-state index contributed by atoms with van der Waals surface area (Å²) in [6.45, 7) is 5.92. The Morgan fingerprint density at radius 1 is 0.923 bits per heavy atom. The van der Waals surface area contributed by atoms with Crippen LogP contribution in [0.2, 0.25) is 0 Å². The van der Waals surface area contributed by atoms with Crippen molar-refractivity contribution in [3.8, 4) is 5.75 Å². The third-order valence-electron chi connectivity index (χ3n) is 4.18. The molecule has 0 bridgehead atoms. The van der Waals surface area contributed by atoms with E-state index in [9.17, 15) is 4.79 Å². The van der Waals surface area contributed by atoms with Gasteiger partial charge < -0.3 is 10.1 Å². The van der Waals surface area contributed by atoms with Crippen molar-refractivity contribution in [1.82, 2.24) is 10.6 Å². The van der Waals surface area contributed by atoms with E-state index in [-0.39, 0.29) is 5.91 Å². The number of benzene rings is 1. The van der Waals surface area contributed by atoms with E-state index in [1.54, 1.807) is 12.1 Å². The van der Waals surface area contributed by atoms with Gasteiger partial charge in [0, 0.05) is 12.1 Å². The van der Waals surface area contributed by atoms with Crippen LogP contribution in [-0.4, -0.2) is 24.2 Å². The number of carbonyl (C=O) groups is 1.